The predicted molar refractivity (Wildman–Crippen MR) is 121 cm³/mol. The molecular formula is C22H33N5O4. The Bertz CT molecular complexity index is 908. The number of aromatic nitrogens is 2. The number of carbonyl (C=O) groups excluding carboxylic acids is 2. The average Bonchev–Trinajstić information content (AvgIpc) is 3.06. The van der Waals surface area contributed by atoms with Gasteiger partial charge in [-0.2, -0.15) is 5.10 Å². The lowest BCUT2D eigenvalue weighted by atomic mass is 9.92. The zero-order chi connectivity index (χ0) is 23.3. The summed E-state index contributed by atoms with van der Waals surface area (Å²) in [7, 11) is 4.84. The molecule has 0 atom stereocenters. The quantitative estimate of drug-likeness (QED) is 0.698. The molecule has 0 saturated heterocycles. The van der Waals surface area contributed by atoms with Crippen LogP contribution >= 0.6 is 0 Å². The molecule has 2 N–H and O–H groups in total. The Hall–Kier alpha value is -3.23. The highest BCUT2D eigenvalue weighted by Crippen LogP contribution is 2.26. The van der Waals surface area contributed by atoms with Crippen LogP contribution in [0.1, 0.15) is 40.3 Å². The number of nitrogens with zero attached hydrogens (tertiary/aromatic N) is 3. The number of methoxy groups -OCH3 is 2. The molecule has 0 fully saturated rings. The second-order valence-corrected chi connectivity index (χ2v) is 8.59. The minimum absolute atomic E-state index is 0.110. The monoisotopic (exact) mass is 431 g/mol. The summed E-state index contributed by atoms with van der Waals surface area (Å²) in [5.41, 5.74) is 1.24. The molecule has 0 aliphatic heterocycles. The molecule has 0 saturated carbocycles. The Balaban J connectivity index is 2.11. The normalized spacial score (nSPS) is 11.3. The first-order valence-electron chi connectivity index (χ1n) is 10.1. The number of hydrogen-bond donors (Lipinski definition) is 2. The summed E-state index contributed by atoms with van der Waals surface area (Å²) in [6, 6.07) is 6.32. The van der Waals surface area contributed by atoms with Crippen molar-refractivity contribution in [3.63, 3.8) is 0 Å². The number of hydrogen-bond acceptors (Lipinski definition) is 5. The zero-order valence-electron chi connectivity index (χ0n) is 19.6. The molecule has 31 heavy (non-hydrogen) atoms. The third-order valence-corrected chi connectivity index (χ3v) is 4.72. The van der Waals surface area contributed by atoms with Crippen LogP contribution in [-0.2, 0) is 17.3 Å². The van der Waals surface area contributed by atoms with Gasteiger partial charge in [0, 0.05) is 48.5 Å². The van der Waals surface area contributed by atoms with Gasteiger partial charge in [0.05, 0.1) is 19.9 Å². The van der Waals surface area contributed by atoms with E-state index in [1.54, 1.807) is 29.9 Å². The molecule has 0 spiro atoms. The van der Waals surface area contributed by atoms with Gasteiger partial charge in [0.15, 0.2) is 0 Å². The van der Waals surface area contributed by atoms with E-state index in [0.717, 1.165) is 5.69 Å². The van der Waals surface area contributed by atoms with Crippen molar-refractivity contribution in [1.82, 2.24) is 14.7 Å². The van der Waals surface area contributed by atoms with Crippen LogP contribution in [0.5, 0.6) is 11.5 Å². The van der Waals surface area contributed by atoms with Crippen molar-refractivity contribution in [3.05, 3.63) is 30.0 Å². The minimum Gasteiger partial charge on any atom is -0.497 e. The van der Waals surface area contributed by atoms with E-state index in [1.807, 2.05) is 19.9 Å². The molecule has 3 amide bonds. The summed E-state index contributed by atoms with van der Waals surface area (Å²) in [4.78, 5) is 27.0. The fourth-order valence-corrected chi connectivity index (χ4v) is 2.85. The van der Waals surface area contributed by atoms with Crippen molar-refractivity contribution in [1.29, 1.82) is 0 Å². The molecule has 0 bridgehead atoms. The number of ether oxygens (including phenoxy) is 2. The van der Waals surface area contributed by atoms with Gasteiger partial charge in [0.2, 0.25) is 5.91 Å². The van der Waals surface area contributed by atoms with Crippen LogP contribution in [0.15, 0.2) is 24.3 Å². The lowest BCUT2D eigenvalue weighted by Gasteiger charge is -2.26. The van der Waals surface area contributed by atoms with Crippen molar-refractivity contribution in [2.45, 2.75) is 46.1 Å². The second kappa shape index (κ2) is 9.72. The van der Waals surface area contributed by atoms with Crippen LogP contribution in [0.3, 0.4) is 0 Å². The molecule has 0 unspecified atom stereocenters. The van der Waals surface area contributed by atoms with Crippen molar-refractivity contribution in [3.8, 4) is 11.5 Å². The van der Waals surface area contributed by atoms with Gasteiger partial charge >= 0.3 is 6.03 Å². The van der Waals surface area contributed by atoms with Crippen molar-refractivity contribution >= 4 is 23.4 Å². The summed E-state index contributed by atoms with van der Waals surface area (Å²) in [6.45, 7) is 9.75. The molecule has 9 nitrogen and oxygen atoms in total. The van der Waals surface area contributed by atoms with Crippen LogP contribution in [-0.4, -0.2) is 53.4 Å². The highest BCUT2D eigenvalue weighted by molar-refractivity contribution is 5.97. The van der Waals surface area contributed by atoms with Gasteiger partial charge in [-0.05, 0) is 13.8 Å². The maximum atomic E-state index is 12.9. The van der Waals surface area contributed by atoms with Crippen LogP contribution in [0, 0.1) is 0 Å². The molecule has 2 aromatic rings. The maximum Gasteiger partial charge on any atom is 0.322 e. The Morgan fingerprint density at radius 2 is 1.65 bits per heavy atom. The van der Waals surface area contributed by atoms with Gasteiger partial charge in [-0.3, -0.25) is 9.48 Å². The fraction of sp³-hybridized carbons (Fsp3) is 0.500. The van der Waals surface area contributed by atoms with Gasteiger partial charge in [-0.1, -0.05) is 20.8 Å². The molecule has 2 rings (SSSR count). The van der Waals surface area contributed by atoms with E-state index < -0.39 is 6.03 Å². The van der Waals surface area contributed by atoms with E-state index in [4.69, 9.17) is 9.47 Å². The minimum atomic E-state index is -0.402. The first-order valence-corrected chi connectivity index (χ1v) is 10.1. The van der Waals surface area contributed by atoms with Crippen molar-refractivity contribution in [2.75, 3.05) is 31.4 Å². The van der Waals surface area contributed by atoms with Crippen LogP contribution < -0.4 is 20.1 Å². The molecule has 0 radical (unpaired) electrons. The first kappa shape index (κ1) is 24.0. The van der Waals surface area contributed by atoms with E-state index in [1.165, 1.54) is 19.1 Å². The molecule has 170 valence electrons. The zero-order valence-corrected chi connectivity index (χ0v) is 19.6. The number of urea groups is 1. The Morgan fingerprint density at radius 1 is 1.06 bits per heavy atom. The summed E-state index contributed by atoms with van der Waals surface area (Å²) in [5, 5.41) is 10.1. The second-order valence-electron chi connectivity index (χ2n) is 8.59. The van der Waals surface area contributed by atoms with E-state index in [0.29, 0.717) is 23.0 Å². The van der Waals surface area contributed by atoms with Crippen LogP contribution in [0.25, 0.3) is 0 Å². The SMILES string of the molecule is COc1cc(NC(=O)N(CC(=O)Nc2cc(C(C)(C)C)nn2C)C(C)C)cc(OC)c1. The van der Waals surface area contributed by atoms with E-state index in [2.05, 4.69) is 36.5 Å². The van der Waals surface area contributed by atoms with Gasteiger partial charge in [-0.25, -0.2) is 4.79 Å². The Labute approximate surface area is 183 Å². The summed E-state index contributed by atoms with van der Waals surface area (Å²) < 4.78 is 12.1. The standard InChI is InChI=1S/C22H33N5O4/c1-14(2)27(21(29)23-15-9-16(30-7)11-17(10-15)31-8)13-20(28)24-19-12-18(22(3,4)5)25-26(19)6/h9-12,14H,13H2,1-8H3,(H,23,29)(H,24,28). The Morgan fingerprint density at radius 3 is 2.10 bits per heavy atom. The fourth-order valence-electron chi connectivity index (χ4n) is 2.85. The lowest BCUT2D eigenvalue weighted by molar-refractivity contribution is -0.117. The Kier molecular flexibility index (Phi) is 7.54. The average molecular weight is 432 g/mol. The third-order valence-electron chi connectivity index (χ3n) is 4.72. The summed E-state index contributed by atoms with van der Waals surface area (Å²) >= 11 is 0. The van der Waals surface area contributed by atoms with Gasteiger partial charge in [0.1, 0.15) is 23.9 Å². The number of rotatable bonds is 7. The summed E-state index contributed by atoms with van der Waals surface area (Å²) in [6.07, 6.45) is 0. The molecule has 0 aliphatic rings. The number of amides is 3. The highest BCUT2D eigenvalue weighted by atomic mass is 16.5. The molecule has 1 aromatic carbocycles. The molecule has 1 aromatic heterocycles. The van der Waals surface area contributed by atoms with E-state index in [9.17, 15) is 9.59 Å². The largest absolute Gasteiger partial charge is 0.497 e. The highest BCUT2D eigenvalue weighted by Gasteiger charge is 2.23. The summed E-state index contributed by atoms with van der Waals surface area (Å²) in [5.74, 6) is 1.37. The molecule has 0 aliphatic carbocycles. The van der Waals surface area contributed by atoms with Gasteiger partial charge < -0.3 is 25.0 Å². The van der Waals surface area contributed by atoms with Crippen molar-refractivity contribution < 1.29 is 19.1 Å². The number of nitrogens with one attached hydrogen (secondary N) is 2. The van der Waals surface area contributed by atoms with Crippen LogP contribution in [0.2, 0.25) is 0 Å². The number of benzene rings is 1. The lowest BCUT2D eigenvalue weighted by Crippen LogP contribution is -2.44. The van der Waals surface area contributed by atoms with Crippen LogP contribution in [0.4, 0.5) is 16.3 Å². The smallest absolute Gasteiger partial charge is 0.322 e. The molecular weight excluding hydrogens is 398 g/mol. The van der Waals surface area contributed by atoms with Crippen molar-refractivity contribution in [2.24, 2.45) is 7.05 Å². The van der Waals surface area contributed by atoms with Gasteiger partial charge in [-0.15, -0.1) is 0 Å². The van der Waals surface area contributed by atoms with E-state index in [-0.39, 0.29) is 23.9 Å². The van der Waals surface area contributed by atoms with Gasteiger partial charge in [0.25, 0.3) is 0 Å². The number of aryl methyl sites for hydroxylation is 1. The first-order chi connectivity index (χ1) is 14.4. The van der Waals surface area contributed by atoms with E-state index >= 15 is 0 Å². The molecule has 1 heterocycles. The predicted octanol–water partition coefficient (Wildman–Crippen LogP) is 3.62. The number of anilines is 2. The topological polar surface area (TPSA) is 97.7 Å². The number of carbonyl (C=O) groups is 2. The maximum absolute atomic E-state index is 12.9. The molecule has 9 heteroatoms. The third kappa shape index (κ3) is 6.37.